The van der Waals surface area contributed by atoms with Crippen LogP contribution in [0.3, 0.4) is 0 Å². The first-order valence-corrected chi connectivity index (χ1v) is 4.92. The van der Waals surface area contributed by atoms with Gasteiger partial charge in [0, 0.05) is 5.97 Å². The maximum Gasteiger partial charge on any atom is 2.00 e. The van der Waals surface area contributed by atoms with Crippen molar-refractivity contribution >= 4 is 5.97 Å². The molecule has 0 aromatic carbocycles. The second-order valence-corrected chi connectivity index (χ2v) is 3.86. The molecule has 1 fully saturated rings. The summed E-state index contributed by atoms with van der Waals surface area (Å²) in [6.45, 7) is 2.21. The third-order valence-corrected chi connectivity index (χ3v) is 2.98. The molecule has 0 heterocycles. The zero-order valence-corrected chi connectivity index (χ0v) is 11.4. The molecule has 0 amide bonds. The molecule has 1 aliphatic rings. The summed E-state index contributed by atoms with van der Waals surface area (Å²) in [5, 5.41) is 10.2. The first kappa shape index (κ1) is 13.1. The number of carbonyl (C=O) groups excluding carboxylic acids is 1. The van der Waals surface area contributed by atoms with E-state index in [2.05, 4.69) is 6.92 Å². The van der Waals surface area contributed by atoms with Gasteiger partial charge in [0.2, 0.25) is 0 Å². The van der Waals surface area contributed by atoms with Crippen molar-refractivity contribution in [1.82, 2.24) is 0 Å². The van der Waals surface area contributed by atoms with Crippen LogP contribution in [0, 0.1) is 11.8 Å². The summed E-state index contributed by atoms with van der Waals surface area (Å²) < 4.78 is 0. The first-order valence-electron chi connectivity index (χ1n) is 4.92. The monoisotopic (exact) mass is 233 g/mol. The van der Waals surface area contributed by atoms with Crippen LogP contribution in [0.25, 0.3) is 0 Å². The van der Waals surface area contributed by atoms with Gasteiger partial charge in [-0.25, -0.2) is 0 Å². The van der Waals surface area contributed by atoms with Crippen LogP contribution in [0.15, 0.2) is 0 Å². The SMILES string of the molecule is CCC1CCC(CCC(=O)[O-])C1.[Zn+2]. The van der Waals surface area contributed by atoms with Gasteiger partial charge in [-0.15, -0.1) is 0 Å². The van der Waals surface area contributed by atoms with Crippen LogP contribution in [0.2, 0.25) is 0 Å². The van der Waals surface area contributed by atoms with Crippen LogP contribution in [-0.2, 0) is 24.3 Å². The predicted octanol–water partition coefficient (Wildman–Crippen LogP) is 1.34. The number of hydrogen-bond donors (Lipinski definition) is 0. The first-order chi connectivity index (χ1) is 5.72. The normalized spacial score (nSPS) is 26.8. The van der Waals surface area contributed by atoms with Crippen molar-refractivity contribution in [2.24, 2.45) is 11.8 Å². The summed E-state index contributed by atoms with van der Waals surface area (Å²) in [5.41, 5.74) is 0. The fraction of sp³-hybridized carbons (Fsp3) is 0.900. The van der Waals surface area contributed by atoms with E-state index in [-0.39, 0.29) is 25.9 Å². The molecular weight excluding hydrogens is 217 g/mol. The van der Waals surface area contributed by atoms with Crippen LogP contribution in [0.4, 0.5) is 0 Å². The van der Waals surface area contributed by atoms with Gasteiger partial charge in [0.05, 0.1) is 0 Å². The minimum Gasteiger partial charge on any atom is -0.550 e. The molecule has 0 N–H and O–H groups in total. The quantitative estimate of drug-likeness (QED) is 0.689. The van der Waals surface area contributed by atoms with E-state index in [0.717, 1.165) is 12.3 Å². The van der Waals surface area contributed by atoms with Crippen molar-refractivity contribution in [3.63, 3.8) is 0 Å². The molecule has 3 heteroatoms. The zero-order valence-electron chi connectivity index (χ0n) is 8.42. The maximum absolute atomic E-state index is 10.2. The average molecular weight is 235 g/mol. The summed E-state index contributed by atoms with van der Waals surface area (Å²) in [7, 11) is 0. The molecule has 1 rings (SSSR count). The molecule has 0 radical (unpaired) electrons. The number of hydrogen-bond acceptors (Lipinski definition) is 2. The fourth-order valence-electron chi connectivity index (χ4n) is 2.13. The molecule has 0 aliphatic heterocycles. The van der Waals surface area contributed by atoms with Gasteiger partial charge < -0.3 is 9.90 Å². The molecule has 0 spiro atoms. The molecule has 0 aromatic heterocycles. The third kappa shape index (κ3) is 4.76. The Hall–Kier alpha value is 0.0934. The van der Waals surface area contributed by atoms with Crippen molar-refractivity contribution in [3.05, 3.63) is 0 Å². The number of carboxylic acids is 1. The predicted molar refractivity (Wildman–Crippen MR) is 45.4 cm³/mol. The Morgan fingerprint density at radius 2 is 2.00 bits per heavy atom. The van der Waals surface area contributed by atoms with Crippen LogP contribution in [0.1, 0.15) is 45.4 Å². The Bertz CT molecular complexity index is 159. The second-order valence-electron chi connectivity index (χ2n) is 3.86. The standard InChI is InChI=1S/C10H18O2.Zn/c1-2-8-3-4-9(7-8)5-6-10(11)12;/h8-9H,2-7H2,1H3,(H,11,12);/q;+2/p-1. The van der Waals surface area contributed by atoms with Crippen LogP contribution < -0.4 is 5.11 Å². The molecule has 2 nitrogen and oxygen atoms in total. The summed E-state index contributed by atoms with van der Waals surface area (Å²) in [6, 6.07) is 0. The summed E-state index contributed by atoms with van der Waals surface area (Å²) in [5.74, 6) is 0.625. The van der Waals surface area contributed by atoms with Gasteiger partial charge in [0.25, 0.3) is 0 Å². The Balaban J connectivity index is 0.00000144. The van der Waals surface area contributed by atoms with Crippen LogP contribution >= 0.6 is 0 Å². The van der Waals surface area contributed by atoms with E-state index in [1.54, 1.807) is 0 Å². The fourth-order valence-corrected chi connectivity index (χ4v) is 2.13. The number of rotatable bonds is 4. The number of carbonyl (C=O) groups is 1. The minimum atomic E-state index is -0.894. The Morgan fingerprint density at radius 1 is 1.38 bits per heavy atom. The van der Waals surface area contributed by atoms with Gasteiger partial charge in [0.1, 0.15) is 0 Å². The van der Waals surface area contributed by atoms with Crippen molar-refractivity contribution in [2.75, 3.05) is 0 Å². The van der Waals surface area contributed by atoms with Gasteiger partial charge in [-0.1, -0.05) is 26.2 Å². The topological polar surface area (TPSA) is 40.1 Å². The third-order valence-electron chi connectivity index (χ3n) is 2.98. The largest absolute Gasteiger partial charge is 2.00 e. The molecule has 0 bridgehead atoms. The van der Waals surface area contributed by atoms with Crippen molar-refractivity contribution in [3.8, 4) is 0 Å². The number of aliphatic carboxylic acids is 1. The van der Waals surface area contributed by atoms with Crippen molar-refractivity contribution < 1.29 is 29.4 Å². The van der Waals surface area contributed by atoms with Gasteiger partial charge >= 0.3 is 19.5 Å². The average Bonchev–Trinajstić information content (AvgIpc) is 2.48. The smallest absolute Gasteiger partial charge is 0.550 e. The van der Waals surface area contributed by atoms with Gasteiger partial charge in [-0.3, -0.25) is 0 Å². The van der Waals surface area contributed by atoms with Crippen molar-refractivity contribution in [2.45, 2.75) is 45.4 Å². The maximum atomic E-state index is 10.2. The molecule has 0 saturated heterocycles. The van der Waals surface area contributed by atoms with Crippen LogP contribution in [-0.4, -0.2) is 5.97 Å². The van der Waals surface area contributed by atoms with Gasteiger partial charge in [0.15, 0.2) is 0 Å². The second kappa shape index (κ2) is 6.53. The Kier molecular flexibility index (Phi) is 6.58. The number of carboxylic acid groups (broad SMARTS) is 1. The van der Waals surface area contributed by atoms with E-state index in [1.807, 2.05) is 0 Å². The molecule has 2 unspecified atom stereocenters. The molecule has 0 aromatic rings. The van der Waals surface area contributed by atoms with Crippen molar-refractivity contribution in [1.29, 1.82) is 0 Å². The van der Waals surface area contributed by atoms with E-state index < -0.39 is 5.97 Å². The summed E-state index contributed by atoms with van der Waals surface area (Å²) in [6.07, 6.45) is 6.10. The minimum absolute atomic E-state index is 0. The van der Waals surface area contributed by atoms with E-state index >= 15 is 0 Å². The van der Waals surface area contributed by atoms with E-state index in [0.29, 0.717) is 5.92 Å². The summed E-state index contributed by atoms with van der Waals surface area (Å²) in [4.78, 5) is 10.2. The van der Waals surface area contributed by atoms with Crippen LogP contribution in [0.5, 0.6) is 0 Å². The Labute approximate surface area is 92.9 Å². The van der Waals surface area contributed by atoms with E-state index in [9.17, 15) is 9.90 Å². The zero-order chi connectivity index (χ0) is 8.97. The molecule has 70 valence electrons. The molecule has 1 aliphatic carbocycles. The molecule has 2 atom stereocenters. The molecule has 1 saturated carbocycles. The summed E-state index contributed by atoms with van der Waals surface area (Å²) >= 11 is 0. The molecular formula is C10H17O2Zn+. The van der Waals surface area contributed by atoms with E-state index in [1.165, 1.54) is 25.7 Å². The van der Waals surface area contributed by atoms with Gasteiger partial charge in [-0.2, -0.15) is 0 Å². The van der Waals surface area contributed by atoms with Gasteiger partial charge in [-0.05, 0) is 31.1 Å². The molecule has 13 heavy (non-hydrogen) atoms. The van der Waals surface area contributed by atoms with E-state index in [4.69, 9.17) is 0 Å². The Morgan fingerprint density at radius 3 is 2.46 bits per heavy atom.